The molecule has 0 radical (unpaired) electrons. The summed E-state index contributed by atoms with van der Waals surface area (Å²) < 4.78 is 0. The van der Waals surface area contributed by atoms with Gasteiger partial charge in [0, 0.05) is 52.3 Å². The van der Waals surface area contributed by atoms with Gasteiger partial charge < -0.3 is 0 Å². The third-order valence-corrected chi connectivity index (χ3v) is 8.64. The van der Waals surface area contributed by atoms with Gasteiger partial charge in [0.1, 0.15) is 0 Å². The number of fused-ring (bicyclic) bond motifs is 6. The molecule has 0 fully saturated rings. The molecule has 5 aromatic carbocycles. The average Bonchev–Trinajstić information content (AvgIpc) is 3.14. The zero-order chi connectivity index (χ0) is 30.5. The quantitative estimate of drug-likeness (QED) is 0.192. The van der Waals surface area contributed by atoms with Gasteiger partial charge in [0.05, 0.1) is 22.4 Å². The second kappa shape index (κ2) is 10.7. The van der Waals surface area contributed by atoms with E-state index >= 15 is 0 Å². The Morgan fingerprint density at radius 2 is 1.00 bits per heavy atom. The van der Waals surface area contributed by atoms with Gasteiger partial charge in [-0.25, -0.2) is 9.97 Å². The van der Waals surface area contributed by atoms with Gasteiger partial charge in [-0.1, -0.05) is 78.9 Å². The smallest absolute Gasteiger partial charge is 0.160 e. The molecule has 0 amide bonds. The van der Waals surface area contributed by atoms with Crippen molar-refractivity contribution in [3.8, 4) is 45.0 Å². The Hall–Kier alpha value is -6.33. The third kappa shape index (κ3) is 4.37. The fourth-order valence-corrected chi connectivity index (χ4v) is 6.49. The molecule has 4 aromatic heterocycles. The lowest BCUT2D eigenvalue weighted by molar-refractivity contribution is 1.19. The Balaban J connectivity index is 1.35. The zero-order valence-corrected chi connectivity index (χ0v) is 24.7. The molecule has 0 unspecified atom stereocenters. The molecule has 214 valence electrons. The summed E-state index contributed by atoms with van der Waals surface area (Å²) in [5.41, 5.74) is 8.58. The van der Waals surface area contributed by atoms with Crippen LogP contribution in [-0.4, -0.2) is 24.9 Å². The Morgan fingerprint density at radius 3 is 1.85 bits per heavy atom. The van der Waals surface area contributed by atoms with Crippen LogP contribution >= 0.6 is 0 Å². The second-order valence-corrected chi connectivity index (χ2v) is 11.4. The highest BCUT2D eigenvalue weighted by Gasteiger charge is 2.17. The van der Waals surface area contributed by atoms with Crippen LogP contribution in [0.25, 0.3) is 88.4 Å². The van der Waals surface area contributed by atoms with Crippen molar-refractivity contribution in [1.29, 1.82) is 0 Å². The van der Waals surface area contributed by atoms with E-state index in [0.29, 0.717) is 5.82 Å². The summed E-state index contributed by atoms with van der Waals surface area (Å²) in [6, 6.07) is 44.2. The van der Waals surface area contributed by atoms with Crippen molar-refractivity contribution in [2.24, 2.45) is 0 Å². The van der Waals surface area contributed by atoms with Crippen molar-refractivity contribution in [1.82, 2.24) is 24.9 Å². The standard InChI is InChI=1S/C41H25N5/c1-2-12-31-28(8-1)23-35(33-14-4-3-13-32(31)33)37-25-38(36-24-29-11-6-18-43-39(29)40-34(36)15-7-19-44-40)46-41(45-37)30-10-5-9-27(22-30)26-16-20-42-21-17-26/h1-25H. The van der Waals surface area contributed by atoms with Crippen molar-refractivity contribution in [2.45, 2.75) is 0 Å². The Kier molecular flexibility index (Phi) is 6.06. The molecule has 9 aromatic rings. The van der Waals surface area contributed by atoms with Gasteiger partial charge in [0.2, 0.25) is 0 Å². The molecule has 5 heteroatoms. The Morgan fingerprint density at radius 1 is 0.370 bits per heavy atom. The first-order valence-electron chi connectivity index (χ1n) is 15.2. The van der Waals surface area contributed by atoms with Gasteiger partial charge in [-0.15, -0.1) is 0 Å². The van der Waals surface area contributed by atoms with E-state index in [0.717, 1.165) is 66.4 Å². The van der Waals surface area contributed by atoms with E-state index < -0.39 is 0 Å². The van der Waals surface area contributed by atoms with Gasteiger partial charge >= 0.3 is 0 Å². The molecule has 0 saturated heterocycles. The van der Waals surface area contributed by atoms with E-state index in [-0.39, 0.29) is 0 Å². The van der Waals surface area contributed by atoms with Crippen molar-refractivity contribution < 1.29 is 0 Å². The summed E-state index contributed by atoms with van der Waals surface area (Å²) >= 11 is 0. The maximum Gasteiger partial charge on any atom is 0.160 e. The number of pyridine rings is 3. The van der Waals surface area contributed by atoms with Gasteiger partial charge in [-0.3, -0.25) is 15.0 Å². The molecule has 5 nitrogen and oxygen atoms in total. The van der Waals surface area contributed by atoms with Crippen LogP contribution in [0.2, 0.25) is 0 Å². The van der Waals surface area contributed by atoms with Gasteiger partial charge in [0.15, 0.2) is 5.82 Å². The minimum absolute atomic E-state index is 0.656. The fraction of sp³-hybridized carbons (Fsp3) is 0. The Bertz CT molecular complexity index is 2460. The van der Waals surface area contributed by atoms with Crippen molar-refractivity contribution in [2.75, 3.05) is 0 Å². The lowest BCUT2D eigenvalue weighted by Gasteiger charge is -2.15. The molecule has 0 bridgehead atoms. The van der Waals surface area contributed by atoms with Crippen LogP contribution < -0.4 is 0 Å². The third-order valence-electron chi connectivity index (χ3n) is 8.64. The first-order valence-corrected chi connectivity index (χ1v) is 15.2. The number of aromatic nitrogens is 5. The molecule has 0 aliphatic rings. The van der Waals surface area contributed by atoms with Gasteiger partial charge in [-0.05, 0) is 81.2 Å². The van der Waals surface area contributed by atoms with E-state index in [2.05, 4.69) is 113 Å². The van der Waals surface area contributed by atoms with Crippen LogP contribution in [0.4, 0.5) is 0 Å². The minimum atomic E-state index is 0.656. The first kappa shape index (κ1) is 26.1. The number of hydrogen-bond acceptors (Lipinski definition) is 5. The number of benzene rings is 5. The van der Waals surface area contributed by atoms with Crippen LogP contribution in [0.15, 0.2) is 152 Å². The highest BCUT2D eigenvalue weighted by atomic mass is 14.9. The van der Waals surface area contributed by atoms with Gasteiger partial charge in [-0.2, -0.15) is 0 Å². The number of nitrogens with zero attached hydrogens (tertiary/aromatic N) is 5. The van der Waals surface area contributed by atoms with E-state index in [9.17, 15) is 0 Å². The van der Waals surface area contributed by atoms with E-state index in [4.69, 9.17) is 15.0 Å². The summed E-state index contributed by atoms with van der Waals surface area (Å²) in [5, 5.41) is 6.75. The lowest BCUT2D eigenvalue weighted by atomic mass is 9.94. The van der Waals surface area contributed by atoms with Gasteiger partial charge in [0.25, 0.3) is 0 Å². The monoisotopic (exact) mass is 587 g/mol. The van der Waals surface area contributed by atoms with E-state index in [1.807, 2.05) is 49.1 Å². The molecule has 0 aliphatic carbocycles. The van der Waals surface area contributed by atoms with Crippen LogP contribution in [-0.2, 0) is 0 Å². The van der Waals surface area contributed by atoms with Crippen molar-refractivity contribution >= 4 is 43.4 Å². The highest BCUT2D eigenvalue weighted by Crippen LogP contribution is 2.38. The first-order chi connectivity index (χ1) is 22.8. The molecule has 0 aliphatic heterocycles. The molecular weight excluding hydrogens is 562 g/mol. The van der Waals surface area contributed by atoms with Crippen LogP contribution in [0, 0.1) is 0 Å². The second-order valence-electron chi connectivity index (χ2n) is 11.4. The summed E-state index contributed by atoms with van der Waals surface area (Å²) in [4.78, 5) is 24.2. The zero-order valence-electron chi connectivity index (χ0n) is 24.7. The largest absolute Gasteiger partial charge is 0.265 e. The van der Waals surface area contributed by atoms with Crippen LogP contribution in [0.5, 0.6) is 0 Å². The average molecular weight is 588 g/mol. The fourth-order valence-electron chi connectivity index (χ4n) is 6.49. The molecule has 9 rings (SSSR count). The van der Waals surface area contributed by atoms with Crippen LogP contribution in [0.1, 0.15) is 0 Å². The number of hydrogen-bond donors (Lipinski definition) is 0. The predicted molar refractivity (Wildman–Crippen MR) is 187 cm³/mol. The maximum atomic E-state index is 5.28. The SMILES string of the molecule is c1cc(-c2ccncc2)cc(-c2nc(-c3cc4ccccc4c4ccccc34)cc(-c3cc4cccnc4c4ncccc34)n2)c1. The molecule has 0 atom stereocenters. The van der Waals surface area contributed by atoms with Crippen LogP contribution in [0.3, 0.4) is 0 Å². The molecule has 4 heterocycles. The van der Waals surface area contributed by atoms with E-state index in [1.165, 1.54) is 16.2 Å². The minimum Gasteiger partial charge on any atom is -0.265 e. The summed E-state index contributed by atoms with van der Waals surface area (Å²) in [6.45, 7) is 0. The van der Waals surface area contributed by atoms with E-state index in [1.54, 1.807) is 0 Å². The molecule has 0 N–H and O–H groups in total. The van der Waals surface area contributed by atoms with Crippen molar-refractivity contribution in [3.63, 3.8) is 0 Å². The molecule has 0 spiro atoms. The molecule has 46 heavy (non-hydrogen) atoms. The maximum absolute atomic E-state index is 5.28. The predicted octanol–water partition coefficient (Wildman–Crippen LogP) is 9.94. The molecule has 0 saturated carbocycles. The normalized spacial score (nSPS) is 11.5. The summed E-state index contributed by atoms with van der Waals surface area (Å²) in [5.74, 6) is 0.656. The highest BCUT2D eigenvalue weighted by molar-refractivity contribution is 6.14. The number of rotatable bonds is 4. The summed E-state index contributed by atoms with van der Waals surface area (Å²) in [7, 11) is 0. The topological polar surface area (TPSA) is 64.5 Å². The lowest BCUT2D eigenvalue weighted by Crippen LogP contribution is -1.98. The molecular formula is C41H25N5. The Labute approximate surface area is 264 Å². The van der Waals surface area contributed by atoms with Crippen molar-refractivity contribution in [3.05, 3.63) is 152 Å². The summed E-state index contributed by atoms with van der Waals surface area (Å²) in [6.07, 6.45) is 7.27.